The van der Waals surface area contributed by atoms with Gasteiger partial charge in [0.1, 0.15) is 5.01 Å². The van der Waals surface area contributed by atoms with Gasteiger partial charge in [0, 0.05) is 16.8 Å². The molecule has 1 aromatic heterocycles. The molecule has 4 heteroatoms. The molecule has 0 spiro atoms. The highest BCUT2D eigenvalue weighted by Gasteiger charge is 2.74. The quantitative estimate of drug-likeness (QED) is 0.348. The van der Waals surface area contributed by atoms with Gasteiger partial charge in [-0.2, -0.15) is 12.6 Å². The van der Waals surface area contributed by atoms with Crippen LogP contribution in [0.25, 0.3) is 0 Å². The van der Waals surface area contributed by atoms with E-state index in [0.717, 1.165) is 35.1 Å². The van der Waals surface area contributed by atoms with Crippen molar-refractivity contribution >= 4 is 24.0 Å². The molecule has 2 N–H and O–H groups in total. The Kier molecular flexibility index (Phi) is 6.05. The van der Waals surface area contributed by atoms with Gasteiger partial charge < -0.3 is 5.73 Å². The van der Waals surface area contributed by atoms with Crippen LogP contribution in [0.3, 0.4) is 0 Å². The maximum atomic E-state index is 7.79. The van der Waals surface area contributed by atoms with Crippen LogP contribution in [0.4, 0.5) is 0 Å². The fourth-order valence-corrected chi connectivity index (χ4v) is 14.6. The molecule has 5 aliphatic carbocycles. The first-order chi connectivity index (χ1) is 17.2. The van der Waals surface area contributed by atoms with E-state index in [0.29, 0.717) is 28.1 Å². The van der Waals surface area contributed by atoms with E-state index in [-0.39, 0.29) is 16.1 Å². The zero-order valence-corrected chi connectivity index (χ0v) is 26.7. The Morgan fingerprint density at radius 2 is 1.62 bits per heavy atom. The minimum absolute atomic E-state index is 0.00772. The Labute approximate surface area is 237 Å². The summed E-state index contributed by atoms with van der Waals surface area (Å²) in [5.74, 6) is 4.66. The predicted octanol–water partition coefficient (Wildman–Crippen LogP) is 8.96. The molecule has 5 aliphatic rings. The Bertz CT molecular complexity index is 1040. The third-order valence-electron chi connectivity index (χ3n) is 15.0. The maximum Gasteiger partial charge on any atom is 0.114 e. The average Bonchev–Trinajstić information content (AvgIpc) is 3.36. The average molecular weight is 543 g/mol. The third kappa shape index (κ3) is 3.19. The van der Waals surface area contributed by atoms with Crippen LogP contribution in [0.2, 0.25) is 0 Å². The monoisotopic (exact) mass is 542 g/mol. The lowest BCUT2D eigenvalue weighted by Gasteiger charge is -2.76. The van der Waals surface area contributed by atoms with Gasteiger partial charge in [0.15, 0.2) is 0 Å². The first-order valence-corrected chi connectivity index (χ1v) is 16.9. The summed E-state index contributed by atoms with van der Waals surface area (Å²) in [4.78, 5) is 4.93. The Balaban J connectivity index is 1.49. The summed E-state index contributed by atoms with van der Waals surface area (Å²) in [7, 11) is 0. The molecule has 2 unspecified atom stereocenters. The lowest BCUT2D eigenvalue weighted by atomic mass is 9.29. The molecule has 0 radical (unpaired) electrons. The molecule has 0 saturated heterocycles. The van der Waals surface area contributed by atoms with Gasteiger partial charge in [-0.25, -0.2) is 4.98 Å². The number of nitrogens with zero attached hydrogens (tertiary/aromatic N) is 1. The van der Waals surface area contributed by atoms with Crippen LogP contribution in [0.15, 0.2) is 11.6 Å². The number of aromatic nitrogens is 1. The standard InChI is InChI=1S/C33H54N2S2/c1-20-11-13-29(5)15-16-30(6)22(26(29)21(20)2)9-10-24-31(30,7)14-12-23-28(3,4)19-25(36)33(34,32(23,24)8)27-35-17-18-37-27/h17-18,20-26,36H,9-16,19,34H2,1-8H3/t20-,21+,22-,23+,24+,25?,26+,29-,30-,31-,32+,33?/m1/s1. The molecule has 0 aliphatic heterocycles. The van der Waals surface area contributed by atoms with E-state index in [1.54, 1.807) is 11.3 Å². The van der Waals surface area contributed by atoms with Crippen LogP contribution < -0.4 is 5.73 Å². The van der Waals surface area contributed by atoms with Crippen molar-refractivity contribution in [3.63, 3.8) is 0 Å². The predicted molar refractivity (Wildman–Crippen MR) is 161 cm³/mol. The van der Waals surface area contributed by atoms with Gasteiger partial charge in [-0.3, -0.25) is 0 Å². The number of hydrogen-bond acceptors (Lipinski definition) is 4. The van der Waals surface area contributed by atoms with Crippen LogP contribution in [0.5, 0.6) is 0 Å². The molecule has 1 aromatic rings. The Hall–Kier alpha value is -0.0600. The smallest absolute Gasteiger partial charge is 0.114 e. The van der Waals surface area contributed by atoms with E-state index >= 15 is 0 Å². The second-order valence-corrected chi connectivity index (χ2v) is 17.9. The molecule has 0 amide bonds. The van der Waals surface area contributed by atoms with Crippen molar-refractivity contribution < 1.29 is 0 Å². The zero-order valence-electron chi connectivity index (χ0n) is 24.9. The largest absolute Gasteiger partial charge is 0.318 e. The van der Waals surface area contributed by atoms with Crippen molar-refractivity contribution in [3.05, 3.63) is 16.6 Å². The van der Waals surface area contributed by atoms with Crippen LogP contribution >= 0.6 is 24.0 Å². The van der Waals surface area contributed by atoms with Gasteiger partial charge in [0.2, 0.25) is 0 Å². The van der Waals surface area contributed by atoms with Gasteiger partial charge in [0.05, 0.1) is 5.54 Å². The van der Waals surface area contributed by atoms with Crippen LogP contribution in [-0.2, 0) is 5.54 Å². The van der Waals surface area contributed by atoms with Crippen molar-refractivity contribution in [2.45, 2.75) is 124 Å². The minimum atomic E-state index is -0.476. The van der Waals surface area contributed by atoms with Gasteiger partial charge in [0.25, 0.3) is 0 Å². The van der Waals surface area contributed by atoms with E-state index in [1.807, 2.05) is 6.20 Å². The highest BCUT2D eigenvalue weighted by atomic mass is 32.1. The first kappa shape index (κ1) is 27.1. The first-order valence-electron chi connectivity index (χ1n) is 15.5. The molecule has 12 atom stereocenters. The lowest BCUT2D eigenvalue weighted by molar-refractivity contribution is -0.262. The SMILES string of the molecule is C[C@@H]1[C@H]2[C@H]3CC[C@@H]4[C@]5(C)[C@@H](CC[C@@]4(C)[C@]3(C)CC[C@@]2(C)CC[C@H]1C)C(C)(C)CC(S)C5(N)c1nccs1. The van der Waals surface area contributed by atoms with E-state index in [4.69, 9.17) is 23.3 Å². The molecular formula is C33H54N2S2. The van der Waals surface area contributed by atoms with Crippen LogP contribution in [0, 0.1) is 62.6 Å². The summed E-state index contributed by atoms with van der Waals surface area (Å²) < 4.78 is 0. The maximum absolute atomic E-state index is 7.79. The second-order valence-electron chi connectivity index (χ2n) is 16.4. The number of thiol groups is 1. The molecule has 2 nitrogen and oxygen atoms in total. The number of hydrogen-bond donors (Lipinski definition) is 2. The van der Waals surface area contributed by atoms with E-state index < -0.39 is 5.54 Å². The molecule has 1 heterocycles. The second kappa shape index (κ2) is 8.25. The summed E-state index contributed by atoms with van der Waals surface area (Å²) in [6, 6.07) is 0. The number of rotatable bonds is 1. The minimum Gasteiger partial charge on any atom is -0.318 e. The van der Waals surface area contributed by atoms with E-state index in [9.17, 15) is 0 Å². The number of nitrogens with two attached hydrogens (primary N) is 1. The van der Waals surface area contributed by atoms with Crippen molar-refractivity contribution in [2.24, 2.45) is 68.3 Å². The van der Waals surface area contributed by atoms with Crippen molar-refractivity contribution in [2.75, 3.05) is 0 Å². The molecule has 6 rings (SSSR count). The molecule has 0 aromatic carbocycles. The van der Waals surface area contributed by atoms with E-state index in [2.05, 4.69) is 60.8 Å². The summed E-state index contributed by atoms with van der Waals surface area (Å²) in [6.45, 7) is 21.0. The molecular weight excluding hydrogens is 489 g/mol. The van der Waals surface area contributed by atoms with Crippen LogP contribution in [0.1, 0.15) is 118 Å². The van der Waals surface area contributed by atoms with Gasteiger partial charge in [-0.1, -0.05) is 55.4 Å². The normalized spacial score (nSPS) is 57.0. The number of thiazole rings is 1. The molecule has 5 fully saturated rings. The van der Waals surface area contributed by atoms with Crippen molar-refractivity contribution in [1.29, 1.82) is 0 Å². The summed E-state index contributed by atoms with van der Waals surface area (Å²) in [6.07, 6.45) is 14.1. The van der Waals surface area contributed by atoms with E-state index in [1.165, 1.54) is 51.4 Å². The fraction of sp³-hybridized carbons (Fsp3) is 0.909. The fourth-order valence-electron chi connectivity index (χ4n) is 12.7. The summed E-state index contributed by atoms with van der Waals surface area (Å²) >= 11 is 7.12. The Morgan fingerprint density at radius 1 is 0.892 bits per heavy atom. The highest BCUT2D eigenvalue weighted by molar-refractivity contribution is 7.81. The molecule has 208 valence electrons. The van der Waals surface area contributed by atoms with Crippen molar-refractivity contribution in [1.82, 2.24) is 4.98 Å². The third-order valence-corrected chi connectivity index (χ3v) is 16.5. The van der Waals surface area contributed by atoms with Gasteiger partial charge >= 0.3 is 0 Å². The molecule has 5 saturated carbocycles. The number of fused-ring (bicyclic) bond motifs is 7. The van der Waals surface area contributed by atoms with Crippen molar-refractivity contribution in [3.8, 4) is 0 Å². The summed E-state index contributed by atoms with van der Waals surface area (Å²) in [5, 5.41) is 3.41. The summed E-state index contributed by atoms with van der Waals surface area (Å²) in [5.41, 5.74) is 8.80. The topological polar surface area (TPSA) is 38.9 Å². The molecule has 37 heavy (non-hydrogen) atoms. The van der Waals surface area contributed by atoms with Gasteiger partial charge in [-0.05, 0) is 120 Å². The van der Waals surface area contributed by atoms with Crippen LogP contribution in [-0.4, -0.2) is 10.2 Å². The molecule has 0 bridgehead atoms. The lowest BCUT2D eigenvalue weighted by Crippen LogP contribution is -2.75. The van der Waals surface area contributed by atoms with Gasteiger partial charge in [-0.15, -0.1) is 11.3 Å². The zero-order chi connectivity index (χ0) is 26.8. The highest BCUT2D eigenvalue weighted by Crippen LogP contribution is 2.79. The Morgan fingerprint density at radius 3 is 2.30 bits per heavy atom.